The molecule has 7 heteroatoms. The van der Waals surface area contributed by atoms with Crippen molar-refractivity contribution >= 4 is 12.0 Å². The smallest absolute Gasteiger partial charge is 0.317 e. The van der Waals surface area contributed by atoms with Gasteiger partial charge in [-0.1, -0.05) is 25.9 Å². The summed E-state index contributed by atoms with van der Waals surface area (Å²) in [4.78, 5) is 24.1. The van der Waals surface area contributed by atoms with Crippen molar-refractivity contribution in [3.63, 3.8) is 0 Å². The Labute approximate surface area is 124 Å². The third-order valence-electron chi connectivity index (χ3n) is 3.34. The molecule has 0 saturated carbocycles. The summed E-state index contributed by atoms with van der Waals surface area (Å²) in [6.07, 6.45) is 1.45. The van der Waals surface area contributed by atoms with Crippen LogP contribution in [0.3, 0.4) is 0 Å². The van der Waals surface area contributed by atoms with E-state index >= 15 is 0 Å². The molecule has 7 nitrogen and oxygen atoms in total. The third kappa shape index (κ3) is 4.47. The number of nitrogens with zero attached hydrogens (tertiary/aromatic N) is 2. The summed E-state index contributed by atoms with van der Waals surface area (Å²) >= 11 is 0. The van der Waals surface area contributed by atoms with Crippen molar-refractivity contribution in [2.45, 2.75) is 40.2 Å². The molecule has 1 atom stereocenters. The fourth-order valence-corrected chi connectivity index (χ4v) is 2.01. The van der Waals surface area contributed by atoms with Gasteiger partial charge in [0.1, 0.15) is 5.76 Å². The number of carboxylic acids is 1. The summed E-state index contributed by atoms with van der Waals surface area (Å²) in [6, 6.07) is -0.312. The van der Waals surface area contributed by atoms with Crippen molar-refractivity contribution in [2.24, 2.45) is 5.92 Å². The number of hydrogen-bond donors (Lipinski definition) is 2. The predicted molar refractivity (Wildman–Crippen MR) is 76.9 cm³/mol. The first kappa shape index (κ1) is 17.0. The molecular weight excluding hydrogens is 274 g/mol. The summed E-state index contributed by atoms with van der Waals surface area (Å²) in [5.74, 6) is -0.752. The number of carboxylic acid groups (broad SMARTS) is 1. The minimum Gasteiger partial charge on any atom is -0.481 e. The SMILES string of the molecule is CCc1noc(CC)c1CNC(=O)N(C)CC(C)C(=O)O. The van der Waals surface area contributed by atoms with Gasteiger partial charge in [-0.05, 0) is 6.42 Å². The maximum absolute atomic E-state index is 12.0. The average molecular weight is 297 g/mol. The second-order valence-corrected chi connectivity index (χ2v) is 5.02. The molecule has 2 N–H and O–H groups in total. The van der Waals surface area contributed by atoms with Gasteiger partial charge < -0.3 is 19.8 Å². The molecule has 0 aromatic carbocycles. The van der Waals surface area contributed by atoms with Crippen molar-refractivity contribution in [1.29, 1.82) is 0 Å². The van der Waals surface area contributed by atoms with Gasteiger partial charge in [0.05, 0.1) is 11.6 Å². The van der Waals surface area contributed by atoms with Crippen molar-refractivity contribution in [2.75, 3.05) is 13.6 Å². The Bertz CT molecular complexity index is 477. The molecule has 1 heterocycles. The Hall–Kier alpha value is -2.05. The number of hydrogen-bond acceptors (Lipinski definition) is 4. The summed E-state index contributed by atoms with van der Waals surface area (Å²) in [7, 11) is 1.57. The zero-order valence-electron chi connectivity index (χ0n) is 13.0. The lowest BCUT2D eigenvalue weighted by Gasteiger charge is -2.20. The van der Waals surface area contributed by atoms with Crippen LogP contribution >= 0.6 is 0 Å². The Morgan fingerprint density at radius 3 is 2.57 bits per heavy atom. The number of aryl methyl sites for hydroxylation is 2. The quantitative estimate of drug-likeness (QED) is 0.798. The van der Waals surface area contributed by atoms with Gasteiger partial charge in [-0.25, -0.2) is 4.79 Å². The van der Waals surface area contributed by atoms with E-state index in [9.17, 15) is 9.59 Å². The zero-order valence-corrected chi connectivity index (χ0v) is 13.0. The standard InChI is InChI=1S/C14H23N3O4/c1-5-11-10(12(6-2)21-16-11)7-15-14(20)17(4)8-9(3)13(18)19/h9H,5-8H2,1-4H3,(H,15,20)(H,18,19). The van der Waals surface area contributed by atoms with Crippen LogP contribution in [0.2, 0.25) is 0 Å². The summed E-state index contributed by atoms with van der Waals surface area (Å²) in [6.45, 7) is 6.00. The largest absolute Gasteiger partial charge is 0.481 e. The van der Waals surface area contributed by atoms with Gasteiger partial charge in [-0.3, -0.25) is 4.79 Å². The van der Waals surface area contributed by atoms with Gasteiger partial charge >= 0.3 is 12.0 Å². The fourth-order valence-electron chi connectivity index (χ4n) is 2.01. The molecule has 1 aromatic rings. The fraction of sp³-hybridized carbons (Fsp3) is 0.643. The lowest BCUT2D eigenvalue weighted by molar-refractivity contribution is -0.141. The van der Waals surface area contributed by atoms with Gasteiger partial charge in [0.25, 0.3) is 0 Å². The molecule has 0 bridgehead atoms. The second-order valence-electron chi connectivity index (χ2n) is 5.02. The van der Waals surface area contributed by atoms with E-state index in [0.717, 1.165) is 23.4 Å². The molecule has 0 aliphatic rings. The molecule has 118 valence electrons. The molecule has 0 fully saturated rings. The maximum Gasteiger partial charge on any atom is 0.317 e. The number of amides is 2. The van der Waals surface area contributed by atoms with E-state index < -0.39 is 11.9 Å². The number of aliphatic carboxylic acids is 1. The van der Waals surface area contributed by atoms with Crippen LogP contribution in [0, 0.1) is 5.92 Å². The van der Waals surface area contributed by atoms with E-state index in [0.29, 0.717) is 13.0 Å². The molecule has 1 rings (SSSR count). The monoisotopic (exact) mass is 297 g/mol. The van der Waals surface area contributed by atoms with E-state index in [1.807, 2.05) is 13.8 Å². The molecule has 0 radical (unpaired) electrons. The van der Waals surface area contributed by atoms with E-state index in [4.69, 9.17) is 9.63 Å². The summed E-state index contributed by atoms with van der Waals surface area (Å²) in [5, 5.41) is 15.6. The number of aromatic nitrogens is 1. The van der Waals surface area contributed by atoms with Crippen LogP contribution in [0.4, 0.5) is 4.79 Å². The lowest BCUT2D eigenvalue weighted by Crippen LogP contribution is -2.40. The van der Waals surface area contributed by atoms with Crippen molar-refractivity contribution < 1.29 is 19.2 Å². The van der Waals surface area contributed by atoms with E-state index in [2.05, 4.69) is 10.5 Å². The van der Waals surface area contributed by atoms with E-state index in [-0.39, 0.29) is 12.6 Å². The van der Waals surface area contributed by atoms with Crippen molar-refractivity contribution in [3.8, 4) is 0 Å². The first-order valence-corrected chi connectivity index (χ1v) is 7.08. The molecule has 0 aliphatic heterocycles. The molecule has 0 spiro atoms. The van der Waals surface area contributed by atoms with Crippen molar-refractivity contribution in [1.82, 2.24) is 15.4 Å². The Morgan fingerprint density at radius 1 is 1.38 bits per heavy atom. The predicted octanol–water partition coefficient (Wildman–Crippen LogP) is 1.66. The normalized spacial score (nSPS) is 12.0. The van der Waals surface area contributed by atoms with Gasteiger partial charge in [0.15, 0.2) is 0 Å². The molecular formula is C14H23N3O4. The van der Waals surface area contributed by atoms with Crippen molar-refractivity contribution in [3.05, 3.63) is 17.0 Å². The first-order chi connectivity index (χ1) is 9.90. The molecule has 1 unspecified atom stereocenters. The van der Waals surface area contributed by atoms with Crippen LogP contribution in [0.25, 0.3) is 0 Å². The highest BCUT2D eigenvalue weighted by molar-refractivity contribution is 5.75. The minimum atomic E-state index is -0.921. The Morgan fingerprint density at radius 2 is 2.05 bits per heavy atom. The summed E-state index contributed by atoms with van der Waals surface area (Å²) < 4.78 is 5.23. The highest BCUT2D eigenvalue weighted by Crippen LogP contribution is 2.15. The molecule has 1 aromatic heterocycles. The van der Waals surface area contributed by atoms with Crippen LogP contribution in [0.15, 0.2) is 4.52 Å². The number of rotatable bonds is 7. The number of carbonyl (C=O) groups is 2. The van der Waals surface area contributed by atoms with E-state index in [1.165, 1.54) is 4.90 Å². The molecule has 0 aliphatic carbocycles. The maximum atomic E-state index is 12.0. The van der Waals surface area contributed by atoms with Gasteiger partial charge in [0, 0.05) is 32.1 Å². The van der Waals surface area contributed by atoms with Crippen LogP contribution in [-0.4, -0.2) is 40.8 Å². The highest BCUT2D eigenvalue weighted by atomic mass is 16.5. The zero-order chi connectivity index (χ0) is 16.0. The number of carbonyl (C=O) groups excluding carboxylic acids is 1. The van der Waals surface area contributed by atoms with Crippen LogP contribution < -0.4 is 5.32 Å². The Kier molecular flexibility index (Phi) is 6.20. The van der Waals surface area contributed by atoms with Crippen LogP contribution in [0.1, 0.15) is 37.8 Å². The lowest BCUT2D eigenvalue weighted by atomic mass is 10.1. The van der Waals surface area contributed by atoms with Gasteiger partial charge in [0.2, 0.25) is 0 Å². The molecule has 2 amide bonds. The molecule has 0 saturated heterocycles. The number of urea groups is 1. The van der Waals surface area contributed by atoms with Crippen LogP contribution in [0.5, 0.6) is 0 Å². The second kappa shape index (κ2) is 7.66. The highest BCUT2D eigenvalue weighted by Gasteiger charge is 2.19. The summed E-state index contributed by atoms with van der Waals surface area (Å²) in [5.41, 5.74) is 1.75. The van der Waals surface area contributed by atoms with Gasteiger partial charge in [-0.2, -0.15) is 0 Å². The Balaban J connectivity index is 2.60. The third-order valence-corrected chi connectivity index (χ3v) is 3.34. The van der Waals surface area contributed by atoms with Crippen LogP contribution in [-0.2, 0) is 24.2 Å². The first-order valence-electron chi connectivity index (χ1n) is 7.08. The topological polar surface area (TPSA) is 95.7 Å². The minimum absolute atomic E-state index is 0.159. The van der Waals surface area contributed by atoms with E-state index in [1.54, 1.807) is 14.0 Å². The molecule has 21 heavy (non-hydrogen) atoms. The average Bonchev–Trinajstić information content (AvgIpc) is 2.86. The van der Waals surface area contributed by atoms with Gasteiger partial charge in [-0.15, -0.1) is 0 Å². The number of nitrogens with one attached hydrogen (secondary N) is 1.